The van der Waals surface area contributed by atoms with E-state index in [2.05, 4.69) is 11.6 Å². The van der Waals surface area contributed by atoms with Crippen molar-refractivity contribution in [3.63, 3.8) is 0 Å². The fourth-order valence-corrected chi connectivity index (χ4v) is 1.93. The molecule has 1 aromatic heterocycles. The summed E-state index contributed by atoms with van der Waals surface area (Å²) in [6.45, 7) is 4.32. The van der Waals surface area contributed by atoms with Crippen LogP contribution in [0.25, 0.3) is 0 Å². The molecule has 1 fully saturated rings. The second-order valence-corrected chi connectivity index (χ2v) is 4.74. The molecule has 0 N–H and O–H groups in total. The monoisotopic (exact) mass is 300 g/mol. The highest BCUT2D eigenvalue weighted by atomic mass is 19.4. The van der Waals surface area contributed by atoms with Crippen LogP contribution in [0.2, 0.25) is 0 Å². The van der Waals surface area contributed by atoms with Gasteiger partial charge >= 0.3 is 6.18 Å². The molecule has 0 spiro atoms. The second-order valence-electron chi connectivity index (χ2n) is 4.74. The molecule has 1 amide bonds. The number of hydrogen-bond acceptors (Lipinski definition) is 3. The standard InChI is InChI=1S/C14H15F3N2O2/c1-2-3-4-13(20)19-8-11(9-19)21-10-5-6-18-12(7-10)14(15,16)17/h2,5-7,11H,1,3-4,8-9H2. The number of alkyl halides is 3. The Bertz CT molecular complexity index is 525. The fourth-order valence-electron chi connectivity index (χ4n) is 1.93. The van der Waals surface area contributed by atoms with Crippen molar-refractivity contribution in [3.8, 4) is 5.75 Å². The molecule has 0 aliphatic carbocycles. The molecule has 0 radical (unpaired) electrons. The van der Waals surface area contributed by atoms with E-state index in [4.69, 9.17) is 4.74 Å². The number of amides is 1. The van der Waals surface area contributed by atoms with Crippen LogP contribution in [0.4, 0.5) is 13.2 Å². The summed E-state index contributed by atoms with van der Waals surface area (Å²) in [6.07, 6.45) is -1.04. The average Bonchev–Trinajstić information content (AvgIpc) is 2.39. The number of pyridine rings is 1. The van der Waals surface area contributed by atoms with Gasteiger partial charge in [0.2, 0.25) is 5.91 Å². The quantitative estimate of drug-likeness (QED) is 0.785. The van der Waals surface area contributed by atoms with Crippen molar-refractivity contribution in [2.45, 2.75) is 25.1 Å². The van der Waals surface area contributed by atoms with Crippen LogP contribution < -0.4 is 4.74 Å². The van der Waals surface area contributed by atoms with Crippen LogP contribution >= 0.6 is 0 Å². The Hall–Kier alpha value is -2.05. The van der Waals surface area contributed by atoms with Crippen LogP contribution in [0.5, 0.6) is 5.75 Å². The number of aromatic nitrogens is 1. The lowest BCUT2D eigenvalue weighted by Gasteiger charge is -2.39. The first-order chi connectivity index (χ1) is 9.90. The summed E-state index contributed by atoms with van der Waals surface area (Å²) in [6, 6.07) is 2.24. The SMILES string of the molecule is C=CCCC(=O)N1CC(Oc2ccnc(C(F)(F)F)c2)C1. The van der Waals surface area contributed by atoms with Gasteiger partial charge in [-0.05, 0) is 12.5 Å². The summed E-state index contributed by atoms with van der Waals surface area (Å²) in [5.41, 5.74) is -0.988. The van der Waals surface area contributed by atoms with Gasteiger partial charge in [0.1, 0.15) is 17.5 Å². The van der Waals surface area contributed by atoms with Gasteiger partial charge < -0.3 is 9.64 Å². The highest BCUT2D eigenvalue weighted by Gasteiger charge is 2.34. The first-order valence-corrected chi connectivity index (χ1v) is 6.48. The van der Waals surface area contributed by atoms with Crippen molar-refractivity contribution in [3.05, 3.63) is 36.7 Å². The van der Waals surface area contributed by atoms with Crippen LogP contribution in [0, 0.1) is 0 Å². The Morgan fingerprint density at radius 1 is 1.52 bits per heavy atom. The highest BCUT2D eigenvalue weighted by molar-refractivity contribution is 5.77. The average molecular weight is 300 g/mol. The van der Waals surface area contributed by atoms with E-state index >= 15 is 0 Å². The zero-order valence-corrected chi connectivity index (χ0v) is 11.3. The minimum absolute atomic E-state index is 0.000425. The number of nitrogens with zero attached hydrogens (tertiary/aromatic N) is 2. The Morgan fingerprint density at radius 2 is 2.24 bits per heavy atom. The van der Waals surface area contributed by atoms with Gasteiger partial charge in [0, 0.05) is 18.7 Å². The Labute approximate surface area is 120 Å². The molecule has 1 aromatic rings. The number of ether oxygens (including phenoxy) is 1. The number of likely N-dealkylation sites (tertiary alicyclic amines) is 1. The molecule has 2 heterocycles. The first kappa shape index (κ1) is 15.3. The van der Waals surface area contributed by atoms with Gasteiger partial charge in [0.15, 0.2) is 0 Å². The third-order valence-corrected chi connectivity index (χ3v) is 3.09. The number of allylic oxidation sites excluding steroid dienone is 1. The van der Waals surface area contributed by atoms with Crippen molar-refractivity contribution in [1.29, 1.82) is 0 Å². The van der Waals surface area contributed by atoms with Crippen LogP contribution in [0.15, 0.2) is 31.0 Å². The summed E-state index contributed by atoms with van der Waals surface area (Å²) in [5.74, 6) is 0.112. The molecule has 0 atom stereocenters. The topological polar surface area (TPSA) is 42.4 Å². The van der Waals surface area contributed by atoms with Gasteiger partial charge in [-0.1, -0.05) is 6.08 Å². The molecule has 0 bridgehead atoms. The molecule has 1 saturated heterocycles. The van der Waals surface area contributed by atoms with Crippen molar-refractivity contribution in [2.24, 2.45) is 0 Å². The van der Waals surface area contributed by atoms with Gasteiger partial charge in [-0.3, -0.25) is 9.78 Å². The van der Waals surface area contributed by atoms with Gasteiger partial charge in [0.05, 0.1) is 13.1 Å². The zero-order valence-electron chi connectivity index (χ0n) is 11.3. The molecule has 0 aromatic carbocycles. The maximum atomic E-state index is 12.5. The van der Waals surface area contributed by atoms with Crippen LogP contribution in [0.3, 0.4) is 0 Å². The molecule has 2 rings (SSSR count). The zero-order chi connectivity index (χ0) is 15.5. The van der Waals surface area contributed by atoms with Gasteiger partial charge in [-0.15, -0.1) is 6.58 Å². The Kier molecular flexibility index (Phi) is 4.50. The molecule has 1 aliphatic heterocycles. The van der Waals surface area contributed by atoms with Crippen molar-refractivity contribution >= 4 is 5.91 Å². The molecule has 21 heavy (non-hydrogen) atoms. The predicted molar refractivity (Wildman–Crippen MR) is 69.7 cm³/mol. The molecule has 1 aliphatic rings. The lowest BCUT2D eigenvalue weighted by Crippen LogP contribution is -2.56. The van der Waals surface area contributed by atoms with E-state index in [1.807, 2.05) is 0 Å². The Morgan fingerprint density at radius 3 is 2.86 bits per heavy atom. The van der Waals surface area contributed by atoms with Gasteiger partial charge in [-0.25, -0.2) is 0 Å². The molecular formula is C14H15F3N2O2. The van der Waals surface area contributed by atoms with Crippen molar-refractivity contribution in [2.75, 3.05) is 13.1 Å². The van der Waals surface area contributed by atoms with E-state index in [0.29, 0.717) is 25.9 Å². The van der Waals surface area contributed by atoms with Gasteiger partial charge in [0.25, 0.3) is 0 Å². The van der Waals surface area contributed by atoms with Crippen LogP contribution in [0.1, 0.15) is 18.5 Å². The number of carbonyl (C=O) groups excluding carboxylic acids is 1. The number of halogens is 3. The lowest BCUT2D eigenvalue weighted by molar-refractivity contribution is -0.141. The fraction of sp³-hybridized carbons (Fsp3) is 0.429. The third-order valence-electron chi connectivity index (χ3n) is 3.09. The maximum absolute atomic E-state index is 12.5. The summed E-state index contributed by atoms with van der Waals surface area (Å²) in [4.78, 5) is 16.5. The van der Waals surface area contributed by atoms with E-state index in [-0.39, 0.29) is 17.8 Å². The molecule has 114 valence electrons. The number of carbonyl (C=O) groups is 1. The third kappa shape index (κ3) is 3.96. The lowest BCUT2D eigenvalue weighted by atomic mass is 10.1. The first-order valence-electron chi connectivity index (χ1n) is 6.48. The molecule has 0 unspecified atom stereocenters. The van der Waals surface area contributed by atoms with Crippen molar-refractivity contribution < 1.29 is 22.7 Å². The number of rotatable bonds is 5. The molecule has 4 nitrogen and oxygen atoms in total. The predicted octanol–water partition coefficient (Wildman–Crippen LogP) is 2.66. The van der Waals surface area contributed by atoms with Crippen LogP contribution in [-0.2, 0) is 11.0 Å². The van der Waals surface area contributed by atoms with Crippen molar-refractivity contribution in [1.82, 2.24) is 9.88 Å². The molecule has 7 heteroatoms. The van der Waals surface area contributed by atoms with Crippen LogP contribution in [-0.4, -0.2) is 35.0 Å². The van der Waals surface area contributed by atoms with E-state index in [1.165, 1.54) is 6.07 Å². The van der Waals surface area contributed by atoms with E-state index in [1.54, 1.807) is 11.0 Å². The summed E-state index contributed by atoms with van der Waals surface area (Å²) >= 11 is 0. The second kappa shape index (κ2) is 6.15. The van der Waals surface area contributed by atoms with E-state index < -0.39 is 11.9 Å². The minimum atomic E-state index is -4.49. The summed E-state index contributed by atoms with van der Waals surface area (Å²) in [5, 5.41) is 0. The minimum Gasteiger partial charge on any atom is -0.487 e. The Balaban J connectivity index is 1.85. The van der Waals surface area contributed by atoms with E-state index in [9.17, 15) is 18.0 Å². The summed E-state index contributed by atoms with van der Waals surface area (Å²) in [7, 11) is 0. The normalized spacial score (nSPS) is 15.5. The molecular weight excluding hydrogens is 285 g/mol. The van der Waals surface area contributed by atoms with Gasteiger partial charge in [-0.2, -0.15) is 13.2 Å². The maximum Gasteiger partial charge on any atom is 0.433 e. The molecule has 0 saturated carbocycles. The number of hydrogen-bond donors (Lipinski definition) is 0. The smallest absolute Gasteiger partial charge is 0.433 e. The summed E-state index contributed by atoms with van der Waals surface area (Å²) < 4.78 is 42.9. The largest absolute Gasteiger partial charge is 0.487 e. The van der Waals surface area contributed by atoms with E-state index in [0.717, 1.165) is 12.3 Å². The highest BCUT2D eigenvalue weighted by Crippen LogP contribution is 2.30.